The van der Waals surface area contributed by atoms with E-state index in [1.807, 2.05) is 67.6 Å². The molecule has 2 heterocycles. The number of hydrogen-bond donors (Lipinski definition) is 2. The number of anilines is 2. The Balaban J connectivity index is 1.40. The van der Waals surface area contributed by atoms with Crippen LogP contribution in [-0.4, -0.2) is 86.6 Å². The van der Waals surface area contributed by atoms with Crippen molar-refractivity contribution in [2.45, 2.75) is 12.8 Å². The zero-order valence-electron chi connectivity index (χ0n) is 23.8. The second-order valence-electron chi connectivity index (χ2n) is 10.5. The number of benzene rings is 3. The van der Waals surface area contributed by atoms with Crippen LogP contribution in [-0.2, 0) is 9.59 Å². The maximum atomic E-state index is 13.3. The molecule has 1 unspecified atom stereocenters. The Morgan fingerprint density at radius 2 is 1.68 bits per heavy atom. The normalized spacial score (nSPS) is 17.6. The van der Waals surface area contributed by atoms with E-state index in [-0.39, 0.29) is 17.7 Å². The summed E-state index contributed by atoms with van der Waals surface area (Å²) in [6, 6.07) is 22.4. The van der Waals surface area contributed by atoms with E-state index in [9.17, 15) is 14.4 Å². The predicted octanol–water partition coefficient (Wildman–Crippen LogP) is 3.50. The van der Waals surface area contributed by atoms with Gasteiger partial charge in [0.25, 0.3) is 5.91 Å². The number of rotatable bonds is 8. The molecular formula is C32H36N6O3. The second-order valence-corrected chi connectivity index (χ2v) is 10.5. The molecule has 3 amide bonds. The SMILES string of the molecule is CCNC(=O)c1ccc2c(c1)NC(=O)C2C(=Nc1ccc(N(C)C(=O)CN2CCN(C)CC2)cc1)c1ccccc1. The van der Waals surface area contributed by atoms with Gasteiger partial charge in [0.05, 0.1) is 17.9 Å². The molecule has 0 aromatic heterocycles. The Morgan fingerprint density at radius 3 is 2.37 bits per heavy atom. The molecule has 0 bridgehead atoms. The van der Waals surface area contributed by atoms with Crippen molar-refractivity contribution >= 4 is 40.5 Å². The smallest absolute Gasteiger partial charge is 0.251 e. The maximum absolute atomic E-state index is 13.3. The molecule has 2 aliphatic heterocycles. The monoisotopic (exact) mass is 552 g/mol. The summed E-state index contributed by atoms with van der Waals surface area (Å²) >= 11 is 0. The molecule has 9 nitrogen and oxygen atoms in total. The summed E-state index contributed by atoms with van der Waals surface area (Å²) in [5.41, 5.74) is 4.78. The third kappa shape index (κ3) is 6.37. The summed E-state index contributed by atoms with van der Waals surface area (Å²) in [6.45, 7) is 6.48. The van der Waals surface area contributed by atoms with Crippen LogP contribution in [0.3, 0.4) is 0 Å². The number of fused-ring (bicyclic) bond motifs is 1. The van der Waals surface area contributed by atoms with Crippen molar-refractivity contribution in [2.75, 3.05) is 63.6 Å². The van der Waals surface area contributed by atoms with Crippen LogP contribution in [0.2, 0.25) is 0 Å². The second kappa shape index (κ2) is 12.4. The van der Waals surface area contributed by atoms with Gasteiger partial charge in [-0.25, -0.2) is 0 Å². The fourth-order valence-corrected chi connectivity index (χ4v) is 5.18. The number of aliphatic imine (C=N–C) groups is 1. The average Bonchev–Trinajstić information content (AvgIpc) is 3.32. The Labute approximate surface area is 240 Å². The van der Waals surface area contributed by atoms with Gasteiger partial charge < -0.3 is 20.4 Å². The summed E-state index contributed by atoms with van der Waals surface area (Å²) in [5, 5.41) is 5.74. The highest BCUT2D eigenvalue weighted by Crippen LogP contribution is 2.37. The zero-order valence-corrected chi connectivity index (χ0v) is 23.8. The lowest BCUT2D eigenvalue weighted by atomic mass is 9.90. The first kappa shape index (κ1) is 28.2. The van der Waals surface area contributed by atoms with Crippen molar-refractivity contribution < 1.29 is 14.4 Å². The molecule has 2 N–H and O–H groups in total. The molecule has 0 radical (unpaired) electrons. The number of carbonyl (C=O) groups excluding carboxylic acids is 3. The molecule has 0 saturated carbocycles. The Bertz CT molecular complexity index is 1450. The minimum absolute atomic E-state index is 0.0435. The molecule has 3 aromatic rings. The third-order valence-corrected chi connectivity index (χ3v) is 7.64. The molecule has 41 heavy (non-hydrogen) atoms. The molecule has 2 aliphatic rings. The number of nitrogens with zero attached hydrogens (tertiary/aromatic N) is 4. The van der Waals surface area contributed by atoms with Crippen LogP contribution in [0.4, 0.5) is 17.1 Å². The highest BCUT2D eigenvalue weighted by atomic mass is 16.2. The number of amides is 3. The minimum Gasteiger partial charge on any atom is -0.352 e. The number of likely N-dealkylation sites (N-methyl/N-ethyl adjacent to an activating group) is 2. The summed E-state index contributed by atoms with van der Waals surface area (Å²) in [6.07, 6.45) is 0. The van der Waals surface area contributed by atoms with Gasteiger partial charge in [-0.15, -0.1) is 0 Å². The highest BCUT2D eigenvalue weighted by Gasteiger charge is 2.36. The quantitative estimate of drug-likeness (QED) is 0.417. The van der Waals surface area contributed by atoms with E-state index in [4.69, 9.17) is 4.99 Å². The standard InChI is InChI=1S/C32H36N6O3/c1-4-33-31(40)23-10-15-26-27(20-23)35-32(41)29(26)30(22-8-6-5-7-9-22)34-24-11-13-25(14-12-24)37(3)28(39)21-38-18-16-36(2)17-19-38/h5-15,20,29H,4,16-19,21H2,1-3H3,(H,33,40)(H,35,41). The van der Waals surface area contributed by atoms with Gasteiger partial charge in [0.2, 0.25) is 11.8 Å². The van der Waals surface area contributed by atoms with Crippen molar-refractivity contribution in [3.8, 4) is 0 Å². The van der Waals surface area contributed by atoms with Crippen LogP contribution in [0, 0.1) is 0 Å². The minimum atomic E-state index is -0.636. The van der Waals surface area contributed by atoms with Gasteiger partial charge in [-0.3, -0.25) is 24.3 Å². The highest BCUT2D eigenvalue weighted by molar-refractivity contribution is 6.24. The van der Waals surface area contributed by atoms with Crippen molar-refractivity contribution in [1.29, 1.82) is 0 Å². The van der Waals surface area contributed by atoms with Crippen molar-refractivity contribution in [1.82, 2.24) is 15.1 Å². The van der Waals surface area contributed by atoms with Crippen LogP contribution in [0.5, 0.6) is 0 Å². The molecular weight excluding hydrogens is 516 g/mol. The molecule has 9 heteroatoms. The number of carbonyl (C=O) groups is 3. The first-order valence-corrected chi connectivity index (χ1v) is 14.0. The first-order chi connectivity index (χ1) is 19.8. The van der Waals surface area contributed by atoms with Gasteiger partial charge in [-0.1, -0.05) is 36.4 Å². The summed E-state index contributed by atoms with van der Waals surface area (Å²) in [4.78, 5) is 49.7. The van der Waals surface area contributed by atoms with Gasteiger partial charge >= 0.3 is 0 Å². The zero-order chi connectivity index (χ0) is 28.9. The van der Waals surface area contributed by atoms with Gasteiger partial charge in [-0.2, -0.15) is 0 Å². The Kier molecular flexibility index (Phi) is 8.56. The fraction of sp³-hybridized carbons (Fsp3) is 0.312. The van der Waals surface area contributed by atoms with Gasteiger partial charge in [0, 0.05) is 56.7 Å². The summed E-state index contributed by atoms with van der Waals surface area (Å²) in [5.74, 6) is -0.969. The summed E-state index contributed by atoms with van der Waals surface area (Å²) in [7, 11) is 3.89. The van der Waals surface area contributed by atoms with Gasteiger partial charge in [0.15, 0.2) is 0 Å². The van der Waals surface area contributed by atoms with E-state index in [0.717, 1.165) is 43.0 Å². The lowest BCUT2D eigenvalue weighted by Crippen LogP contribution is -2.48. The van der Waals surface area contributed by atoms with Crippen LogP contribution < -0.4 is 15.5 Å². The van der Waals surface area contributed by atoms with Crippen LogP contribution in [0.1, 0.15) is 34.3 Å². The van der Waals surface area contributed by atoms with E-state index >= 15 is 0 Å². The molecule has 1 atom stereocenters. The molecule has 0 aliphatic carbocycles. The van der Waals surface area contributed by atoms with Crippen molar-refractivity contribution in [2.24, 2.45) is 4.99 Å². The third-order valence-electron chi connectivity index (χ3n) is 7.64. The summed E-state index contributed by atoms with van der Waals surface area (Å²) < 4.78 is 0. The maximum Gasteiger partial charge on any atom is 0.251 e. The van der Waals surface area contributed by atoms with E-state index in [0.29, 0.717) is 35.7 Å². The van der Waals surface area contributed by atoms with E-state index in [2.05, 4.69) is 27.5 Å². The molecule has 1 fully saturated rings. The largest absolute Gasteiger partial charge is 0.352 e. The topological polar surface area (TPSA) is 97.3 Å². The predicted molar refractivity (Wildman–Crippen MR) is 162 cm³/mol. The molecule has 0 spiro atoms. The lowest BCUT2D eigenvalue weighted by Gasteiger charge is -2.32. The van der Waals surface area contributed by atoms with E-state index in [1.165, 1.54) is 0 Å². The lowest BCUT2D eigenvalue weighted by molar-refractivity contribution is -0.120. The van der Waals surface area contributed by atoms with Crippen LogP contribution in [0.15, 0.2) is 77.8 Å². The average molecular weight is 553 g/mol. The molecule has 1 saturated heterocycles. The fourth-order valence-electron chi connectivity index (χ4n) is 5.18. The van der Waals surface area contributed by atoms with Crippen LogP contribution in [0.25, 0.3) is 0 Å². The van der Waals surface area contributed by atoms with E-state index in [1.54, 1.807) is 24.1 Å². The van der Waals surface area contributed by atoms with Gasteiger partial charge in [-0.05, 0) is 61.5 Å². The van der Waals surface area contributed by atoms with Crippen molar-refractivity contribution in [3.63, 3.8) is 0 Å². The van der Waals surface area contributed by atoms with Gasteiger partial charge in [0.1, 0.15) is 5.92 Å². The Hall–Kier alpha value is -4.34. The number of piperazine rings is 1. The molecule has 5 rings (SSSR count). The molecule has 3 aromatic carbocycles. The van der Waals surface area contributed by atoms with Crippen LogP contribution >= 0.6 is 0 Å². The number of nitrogens with one attached hydrogen (secondary N) is 2. The molecule has 212 valence electrons. The van der Waals surface area contributed by atoms with E-state index < -0.39 is 5.92 Å². The first-order valence-electron chi connectivity index (χ1n) is 14.0. The number of hydrogen-bond acceptors (Lipinski definition) is 6. The van der Waals surface area contributed by atoms with Crippen molar-refractivity contribution in [3.05, 3.63) is 89.5 Å². The Morgan fingerprint density at radius 1 is 0.976 bits per heavy atom.